The van der Waals surface area contributed by atoms with Crippen LogP contribution in [0.2, 0.25) is 5.02 Å². The summed E-state index contributed by atoms with van der Waals surface area (Å²) in [7, 11) is 0. The van der Waals surface area contributed by atoms with Gasteiger partial charge in [0.2, 0.25) is 5.91 Å². The molecule has 2 aromatic rings. The predicted octanol–water partition coefficient (Wildman–Crippen LogP) is 3.80. The molecule has 0 saturated carbocycles. The van der Waals surface area contributed by atoms with Crippen molar-refractivity contribution in [3.63, 3.8) is 0 Å². The fourth-order valence-electron chi connectivity index (χ4n) is 1.95. The Labute approximate surface area is 129 Å². The van der Waals surface area contributed by atoms with E-state index in [-0.39, 0.29) is 5.91 Å². The fraction of sp³-hybridized carbons (Fsp3) is 0.118. The van der Waals surface area contributed by atoms with Gasteiger partial charge in [-0.2, -0.15) is 0 Å². The van der Waals surface area contributed by atoms with E-state index >= 15 is 0 Å². The summed E-state index contributed by atoms with van der Waals surface area (Å²) in [6.07, 6.45) is 1.72. The molecule has 108 valence electrons. The number of carbonyl (C=O) groups is 1. The first kappa shape index (κ1) is 15.3. The second-order valence-corrected chi connectivity index (χ2v) is 4.97. The van der Waals surface area contributed by atoms with E-state index in [0.717, 1.165) is 11.3 Å². The second-order valence-electron chi connectivity index (χ2n) is 4.54. The van der Waals surface area contributed by atoms with Gasteiger partial charge in [0.1, 0.15) is 6.04 Å². The van der Waals surface area contributed by atoms with Crippen LogP contribution in [0.3, 0.4) is 0 Å². The van der Waals surface area contributed by atoms with Crippen LogP contribution < -0.4 is 10.6 Å². The summed E-state index contributed by atoms with van der Waals surface area (Å²) < 4.78 is 0. The van der Waals surface area contributed by atoms with E-state index in [1.54, 1.807) is 18.2 Å². The van der Waals surface area contributed by atoms with Gasteiger partial charge in [-0.15, -0.1) is 6.58 Å². The molecular formula is C17H17ClN2O. The van der Waals surface area contributed by atoms with Crippen molar-refractivity contribution in [2.45, 2.75) is 6.04 Å². The van der Waals surface area contributed by atoms with Crippen molar-refractivity contribution in [2.24, 2.45) is 0 Å². The van der Waals surface area contributed by atoms with Crippen LogP contribution in [0.4, 0.5) is 5.69 Å². The highest BCUT2D eigenvalue weighted by Gasteiger charge is 2.19. The summed E-state index contributed by atoms with van der Waals surface area (Å²) >= 11 is 5.89. The van der Waals surface area contributed by atoms with Gasteiger partial charge in [-0.05, 0) is 29.8 Å². The average Bonchev–Trinajstić information content (AvgIpc) is 2.50. The van der Waals surface area contributed by atoms with Gasteiger partial charge < -0.3 is 5.32 Å². The zero-order valence-corrected chi connectivity index (χ0v) is 12.3. The van der Waals surface area contributed by atoms with Crippen LogP contribution in [-0.2, 0) is 4.79 Å². The Bertz CT molecular complexity index is 596. The molecule has 0 aliphatic heterocycles. The minimum Gasteiger partial charge on any atom is -0.324 e. The lowest BCUT2D eigenvalue weighted by Crippen LogP contribution is -2.33. The summed E-state index contributed by atoms with van der Waals surface area (Å²) in [5.41, 5.74) is 1.62. The van der Waals surface area contributed by atoms with Gasteiger partial charge in [-0.1, -0.05) is 48.0 Å². The number of halogens is 1. The number of nitrogens with one attached hydrogen (secondary N) is 2. The van der Waals surface area contributed by atoms with Crippen LogP contribution in [0.1, 0.15) is 11.6 Å². The molecule has 2 rings (SSSR count). The normalized spacial score (nSPS) is 11.7. The molecule has 1 amide bonds. The lowest BCUT2D eigenvalue weighted by Gasteiger charge is -2.18. The van der Waals surface area contributed by atoms with Gasteiger partial charge in [0.15, 0.2) is 0 Å². The molecule has 1 atom stereocenters. The number of rotatable bonds is 6. The first-order chi connectivity index (χ1) is 10.2. The monoisotopic (exact) mass is 300 g/mol. The molecule has 0 fully saturated rings. The molecule has 4 heteroatoms. The number of hydrogen-bond acceptors (Lipinski definition) is 2. The smallest absolute Gasteiger partial charge is 0.246 e. The van der Waals surface area contributed by atoms with Crippen molar-refractivity contribution in [2.75, 3.05) is 11.9 Å². The molecule has 0 aliphatic carbocycles. The Morgan fingerprint density at radius 3 is 2.43 bits per heavy atom. The van der Waals surface area contributed by atoms with Crippen LogP contribution in [0, 0.1) is 0 Å². The number of carbonyl (C=O) groups excluding carboxylic acids is 1. The summed E-state index contributed by atoms with van der Waals surface area (Å²) in [5, 5.41) is 6.69. The van der Waals surface area contributed by atoms with Crippen LogP contribution >= 0.6 is 11.6 Å². The molecule has 0 saturated heterocycles. The molecule has 0 aromatic heterocycles. The van der Waals surface area contributed by atoms with Crippen molar-refractivity contribution in [1.82, 2.24) is 5.32 Å². The lowest BCUT2D eigenvalue weighted by molar-refractivity contribution is -0.118. The Morgan fingerprint density at radius 1 is 1.14 bits per heavy atom. The molecule has 0 heterocycles. The van der Waals surface area contributed by atoms with E-state index in [4.69, 9.17) is 11.6 Å². The number of amides is 1. The Hall–Kier alpha value is -2.10. The highest BCUT2D eigenvalue weighted by molar-refractivity contribution is 6.30. The Balaban J connectivity index is 2.16. The van der Waals surface area contributed by atoms with Gasteiger partial charge in [-0.3, -0.25) is 10.1 Å². The molecular weight excluding hydrogens is 284 g/mol. The molecule has 21 heavy (non-hydrogen) atoms. The van der Waals surface area contributed by atoms with Gasteiger partial charge in [-0.25, -0.2) is 0 Å². The zero-order chi connectivity index (χ0) is 15.1. The molecule has 3 nitrogen and oxygen atoms in total. The number of benzene rings is 2. The topological polar surface area (TPSA) is 41.1 Å². The summed E-state index contributed by atoms with van der Waals surface area (Å²) in [4.78, 5) is 12.5. The van der Waals surface area contributed by atoms with Crippen LogP contribution in [-0.4, -0.2) is 12.5 Å². The lowest BCUT2D eigenvalue weighted by atomic mass is 10.1. The maximum Gasteiger partial charge on any atom is 0.246 e. The average molecular weight is 301 g/mol. The number of hydrogen-bond donors (Lipinski definition) is 2. The third-order valence-corrected chi connectivity index (χ3v) is 3.23. The van der Waals surface area contributed by atoms with E-state index < -0.39 is 6.04 Å². The van der Waals surface area contributed by atoms with Gasteiger partial charge in [0, 0.05) is 17.3 Å². The SMILES string of the molecule is C=CCN[C@@H](C(=O)Nc1ccccc1)c1ccc(Cl)cc1. The molecule has 0 unspecified atom stereocenters. The highest BCUT2D eigenvalue weighted by atomic mass is 35.5. The minimum atomic E-state index is -0.458. The summed E-state index contributed by atoms with van der Waals surface area (Å²) in [5.74, 6) is -0.120. The van der Waals surface area contributed by atoms with E-state index in [1.165, 1.54) is 0 Å². The first-order valence-corrected chi connectivity index (χ1v) is 7.04. The molecule has 0 spiro atoms. The minimum absolute atomic E-state index is 0.120. The Kier molecular flexibility index (Phi) is 5.55. The van der Waals surface area contributed by atoms with E-state index in [9.17, 15) is 4.79 Å². The van der Waals surface area contributed by atoms with Crippen LogP contribution in [0.5, 0.6) is 0 Å². The quantitative estimate of drug-likeness (QED) is 0.797. The van der Waals surface area contributed by atoms with Crippen molar-refractivity contribution in [1.29, 1.82) is 0 Å². The van der Waals surface area contributed by atoms with Gasteiger partial charge in [0.05, 0.1) is 0 Å². The molecule has 0 aliphatic rings. The van der Waals surface area contributed by atoms with E-state index in [2.05, 4.69) is 17.2 Å². The number of para-hydroxylation sites is 1. The molecule has 2 N–H and O–H groups in total. The van der Waals surface area contributed by atoms with Gasteiger partial charge >= 0.3 is 0 Å². The largest absolute Gasteiger partial charge is 0.324 e. The maximum atomic E-state index is 12.5. The maximum absolute atomic E-state index is 12.5. The number of anilines is 1. The first-order valence-electron chi connectivity index (χ1n) is 6.66. The van der Waals surface area contributed by atoms with E-state index in [0.29, 0.717) is 11.6 Å². The second kappa shape index (κ2) is 7.62. The third-order valence-electron chi connectivity index (χ3n) is 2.97. The van der Waals surface area contributed by atoms with Crippen LogP contribution in [0.25, 0.3) is 0 Å². The van der Waals surface area contributed by atoms with Gasteiger partial charge in [0.25, 0.3) is 0 Å². The predicted molar refractivity (Wildman–Crippen MR) is 87.5 cm³/mol. The van der Waals surface area contributed by atoms with Crippen molar-refractivity contribution >= 4 is 23.2 Å². The molecule has 0 radical (unpaired) electrons. The van der Waals surface area contributed by atoms with Crippen molar-refractivity contribution < 1.29 is 4.79 Å². The highest BCUT2D eigenvalue weighted by Crippen LogP contribution is 2.18. The van der Waals surface area contributed by atoms with Crippen molar-refractivity contribution in [3.8, 4) is 0 Å². The van der Waals surface area contributed by atoms with Crippen molar-refractivity contribution in [3.05, 3.63) is 77.8 Å². The molecule has 2 aromatic carbocycles. The fourth-order valence-corrected chi connectivity index (χ4v) is 2.08. The summed E-state index contributed by atoms with van der Waals surface area (Å²) in [6.45, 7) is 4.21. The zero-order valence-electron chi connectivity index (χ0n) is 11.6. The van der Waals surface area contributed by atoms with E-state index in [1.807, 2.05) is 42.5 Å². The summed E-state index contributed by atoms with van der Waals surface area (Å²) in [6, 6.07) is 16.1. The Morgan fingerprint density at radius 2 is 1.81 bits per heavy atom. The standard InChI is InChI=1S/C17H17ClN2O/c1-2-12-19-16(13-8-10-14(18)11-9-13)17(21)20-15-6-4-3-5-7-15/h2-11,16,19H,1,12H2,(H,20,21)/t16-/m1/s1. The third kappa shape index (κ3) is 4.45. The molecule has 0 bridgehead atoms. The van der Waals surface area contributed by atoms with Crippen LogP contribution in [0.15, 0.2) is 67.3 Å².